The maximum absolute atomic E-state index is 12.4. The molecule has 0 aromatic heterocycles. The van der Waals surface area contributed by atoms with Gasteiger partial charge in [-0.05, 0) is 38.6 Å². The summed E-state index contributed by atoms with van der Waals surface area (Å²) in [6, 6.07) is -3.62. The van der Waals surface area contributed by atoms with E-state index in [1.807, 2.05) is 0 Å². The number of Topliss-reactive ketones (excluding diaryl/α,β-unsaturated/α-hetero) is 2. The molecule has 154 valence electrons. The molecular formula is C16H28N4O7. The molecule has 0 bridgehead atoms. The minimum atomic E-state index is -1.29. The fourth-order valence-corrected chi connectivity index (χ4v) is 2.21. The van der Waals surface area contributed by atoms with Crippen molar-refractivity contribution in [1.29, 1.82) is 0 Å². The molecule has 0 spiro atoms. The van der Waals surface area contributed by atoms with Gasteiger partial charge in [0, 0.05) is 12.8 Å². The number of rotatable bonds is 15. The van der Waals surface area contributed by atoms with E-state index in [4.69, 9.17) is 27.4 Å². The van der Waals surface area contributed by atoms with Gasteiger partial charge in [0.15, 0.2) is 0 Å². The van der Waals surface area contributed by atoms with Crippen molar-refractivity contribution in [3.8, 4) is 0 Å². The third-order valence-electron chi connectivity index (χ3n) is 3.83. The lowest BCUT2D eigenvalue weighted by atomic mass is 9.96. The van der Waals surface area contributed by atoms with Crippen LogP contribution in [-0.2, 0) is 24.0 Å². The van der Waals surface area contributed by atoms with E-state index in [9.17, 15) is 24.0 Å². The zero-order valence-electron chi connectivity index (χ0n) is 15.1. The van der Waals surface area contributed by atoms with E-state index in [1.165, 1.54) is 0 Å². The number of hydrogen-bond donors (Lipinski definition) is 6. The molecule has 0 aromatic carbocycles. The Labute approximate surface area is 156 Å². The minimum absolute atomic E-state index is 0.128. The molecule has 0 aromatic rings. The fraction of sp³-hybridized carbons (Fsp3) is 0.688. The van der Waals surface area contributed by atoms with Crippen molar-refractivity contribution in [3.63, 3.8) is 0 Å². The van der Waals surface area contributed by atoms with Crippen molar-refractivity contribution in [3.05, 3.63) is 0 Å². The smallest absolute Gasteiger partial charge is 0.303 e. The van der Waals surface area contributed by atoms with Crippen molar-refractivity contribution in [2.45, 2.75) is 63.1 Å². The maximum atomic E-state index is 12.4. The summed E-state index contributed by atoms with van der Waals surface area (Å²) in [5.41, 5.74) is 16.6. The number of unbranched alkanes of at least 4 members (excludes halogenated alkanes) is 1. The highest BCUT2D eigenvalue weighted by Gasteiger charge is 2.31. The van der Waals surface area contributed by atoms with Crippen molar-refractivity contribution in [2.75, 3.05) is 6.54 Å². The predicted octanol–water partition coefficient (Wildman–Crippen LogP) is -1.88. The number of hydrogen-bond acceptors (Lipinski definition) is 8. The summed E-state index contributed by atoms with van der Waals surface area (Å²) in [6.45, 7) is 0.360. The van der Waals surface area contributed by atoms with Crippen LogP contribution in [-0.4, -0.2) is 64.3 Å². The second-order valence-corrected chi connectivity index (χ2v) is 6.15. The van der Waals surface area contributed by atoms with Crippen LogP contribution in [0.15, 0.2) is 0 Å². The molecule has 0 saturated carbocycles. The molecule has 9 N–H and O–H groups in total. The summed E-state index contributed by atoms with van der Waals surface area (Å²) >= 11 is 0. The third kappa shape index (κ3) is 10.4. The van der Waals surface area contributed by atoms with Crippen LogP contribution in [0.2, 0.25) is 0 Å². The van der Waals surface area contributed by atoms with Crippen molar-refractivity contribution in [1.82, 2.24) is 5.32 Å². The summed E-state index contributed by atoms with van der Waals surface area (Å²) in [6.07, 6.45) is 0.117. The molecule has 0 aliphatic rings. The molecule has 0 radical (unpaired) electrons. The first-order chi connectivity index (χ1) is 12.6. The van der Waals surface area contributed by atoms with Gasteiger partial charge in [0.1, 0.15) is 0 Å². The van der Waals surface area contributed by atoms with Gasteiger partial charge in [-0.1, -0.05) is 0 Å². The van der Waals surface area contributed by atoms with E-state index < -0.39 is 47.5 Å². The number of ketones is 2. The first-order valence-electron chi connectivity index (χ1n) is 8.63. The first-order valence-corrected chi connectivity index (χ1v) is 8.63. The molecule has 3 atom stereocenters. The number of carboxylic acids is 2. The molecule has 0 fully saturated rings. The molecule has 0 heterocycles. The second kappa shape index (κ2) is 12.9. The summed E-state index contributed by atoms with van der Waals surface area (Å²) in [4.78, 5) is 57.7. The molecule has 0 unspecified atom stereocenters. The summed E-state index contributed by atoms with van der Waals surface area (Å²) in [5.74, 6) is -4.94. The van der Waals surface area contributed by atoms with Gasteiger partial charge in [-0.25, -0.2) is 0 Å². The van der Waals surface area contributed by atoms with Crippen LogP contribution >= 0.6 is 0 Å². The SMILES string of the molecule is NCCCC[C@H](NC(=O)[C@@H](N)CCC(=O)O)C(=O)C(=O)[C@@H](N)CCC(=O)O. The zero-order chi connectivity index (χ0) is 21.0. The molecular weight excluding hydrogens is 360 g/mol. The Bertz CT molecular complexity index is 553. The van der Waals surface area contributed by atoms with Crippen LogP contribution in [0.4, 0.5) is 0 Å². The van der Waals surface area contributed by atoms with Crippen molar-refractivity contribution in [2.24, 2.45) is 17.2 Å². The molecule has 0 rings (SSSR count). The third-order valence-corrected chi connectivity index (χ3v) is 3.83. The predicted molar refractivity (Wildman–Crippen MR) is 94.5 cm³/mol. The van der Waals surface area contributed by atoms with Crippen LogP contribution in [0.5, 0.6) is 0 Å². The molecule has 0 aliphatic carbocycles. The first kappa shape index (κ1) is 24.6. The molecule has 1 amide bonds. The Morgan fingerprint density at radius 1 is 0.778 bits per heavy atom. The summed E-state index contributed by atoms with van der Waals surface area (Å²) in [5, 5.41) is 19.6. The van der Waals surface area contributed by atoms with Crippen molar-refractivity contribution < 1.29 is 34.2 Å². The standard InChI is InChI=1S/C16H28N4O7/c17-8-2-1-3-11(20-16(27)10(19)5-7-13(23)24)15(26)14(25)9(18)4-6-12(21)22/h9-11H,1-8,17-19H2,(H,20,27)(H,21,22)(H,23,24)/t9-,10-,11-/m0/s1. The van der Waals surface area contributed by atoms with Crippen LogP contribution in [0.1, 0.15) is 44.9 Å². The number of nitrogens with two attached hydrogens (primary N) is 3. The normalized spacial score (nSPS) is 14.0. The Kier molecular flexibility index (Phi) is 11.8. The van der Waals surface area contributed by atoms with Gasteiger partial charge in [0.2, 0.25) is 17.5 Å². The topological polar surface area (TPSA) is 216 Å². The van der Waals surface area contributed by atoms with Gasteiger partial charge in [0.05, 0.1) is 18.1 Å². The van der Waals surface area contributed by atoms with Gasteiger partial charge >= 0.3 is 11.9 Å². The molecule has 0 saturated heterocycles. The number of carboxylic acid groups (broad SMARTS) is 2. The lowest BCUT2D eigenvalue weighted by Crippen LogP contribution is -2.52. The lowest BCUT2D eigenvalue weighted by Gasteiger charge is -2.20. The molecule has 27 heavy (non-hydrogen) atoms. The molecule has 0 aliphatic heterocycles. The largest absolute Gasteiger partial charge is 0.481 e. The Morgan fingerprint density at radius 3 is 1.78 bits per heavy atom. The number of carbonyl (C=O) groups excluding carboxylic acids is 3. The van der Waals surface area contributed by atoms with Gasteiger partial charge in [-0.2, -0.15) is 0 Å². The average Bonchev–Trinajstić information content (AvgIpc) is 2.61. The zero-order valence-corrected chi connectivity index (χ0v) is 15.1. The maximum Gasteiger partial charge on any atom is 0.303 e. The van der Waals surface area contributed by atoms with E-state index in [0.717, 1.165) is 0 Å². The number of amides is 1. The van der Waals surface area contributed by atoms with E-state index in [2.05, 4.69) is 5.32 Å². The van der Waals surface area contributed by atoms with Crippen LogP contribution in [0.25, 0.3) is 0 Å². The Hall–Kier alpha value is -2.37. The van der Waals surface area contributed by atoms with E-state index in [0.29, 0.717) is 19.4 Å². The average molecular weight is 388 g/mol. The molecule has 11 nitrogen and oxygen atoms in total. The highest BCUT2D eigenvalue weighted by molar-refractivity contribution is 6.41. The van der Waals surface area contributed by atoms with Crippen LogP contribution in [0, 0.1) is 0 Å². The quantitative estimate of drug-likeness (QED) is 0.135. The number of carbonyl (C=O) groups is 5. The molecule has 11 heteroatoms. The van der Waals surface area contributed by atoms with Crippen molar-refractivity contribution >= 4 is 29.4 Å². The highest BCUT2D eigenvalue weighted by atomic mass is 16.4. The van der Waals surface area contributed by atoms with Gasteiger partial charge < -0.3 is 32.7 Å². The van der Waals surface area contributed by atoms with Crippen LogP contribution < -0.4 is 22.5 Å². The lowest BCUT2D eigenvalue weighted by molar-refractivity contribution is -0.140. The van der Waals surface area contributed by atoms with Gasteiger partial charge in [0.25, 0.3) is 0 Å². The van der Waals surface area contributed by atoms with Gasteiger partial charge in [-0.3, -0.25) is 24.0 Å². The van der Waals surface area contributed by atoms with Gasteiger partial charge in [-0.15, -0.1) is 0 Å². The summed E-state index contributed by atoms with van der Waals surface area (Å²) < 4.78 is 0. The van der Waals surface area contributed by atoms with E-state index >= 15 is 0 Å². The monoisotopic (exact) mass is 388 g/mol. The minimum Gasteiger partial charge on any atom is -0.481 e. The number of nitrogens with one attached hydrogen (secondary N) is 1. The summed E-state index contributed by atoms with van der Waals surface area (Å²) in [7, 11) is 0. The highest BCUT2D eigenvalue weighted by Crippen LogP contribution is 2.07. The Balaban J connectivity index is 4.96. The Morgan fingerprint density at radius 2 is 1.30 bits per heavy atom. The van der Waals surface area contributed by atoms with E-state index in [1.54, 1.807) is 0 Å². The van der Waals surface area contributed by atoms with E-state index in [-0.39, 0.29) is 32.1 Å². The number of aliphatic carboxylic acids is 2. The van der Waals surface area contributed by atoms with Crippen LogP contribution in [0.3, 0.4) is 0 Å². The second-order valence-electron chi connectivity index (χ2n) is 6.15. The fourth-order valence-electron chi connectivity index (χ4n) is 2.21.